The highest BCUT2D eigenvalue weighted by Gasteiger charge is 2.17. The number of fused-ring (bicyclic) bond motifs is 1. The van der Waals surface area contributed by atoms with Crippen LogP contribution in [0.1, 0.15) is 6.92 Å². The largest absolute Gasteiger partial charge is 0.497 e. The van der Waals surface area contributed by atoms with Crippen molar-refractivity contribution >= 4 is 17.7 Å². The monoisotopic (exact) mass is 323 g/mol. The topological polar surface area (TPSA) is 64.2 Å². The van der Waals surface area contributed by atoms with E-state index in [2.05, 4.69) is 22.0 Å². The summed E-state index contributed by atoms with van der Waals surface area (Å²) in [7, 11) is 1.63. The lowest BCUT2D eigenvalue weighted by Gasteiger charge is -2.14. The van der Waals surface area contributed by atoms with Crippen LogP contribution in [0.2, 0.25) is 0 Å². The van der Waals surface area contributed by atoms with Crippen molar-refractivity contribution in [2.75, 3.05) is 18.7 Å². The van der Waals surface area contributed by atoms with E-state index in [4.69, 9.17) is 9.47 Å². The molecule has 122 valence electrons. The summed E-state index contributed by atoms with van der Waals surface area (Å²) in [4.78, 5) is 8.65. The Morgan fingerprint density at radius 2 is 1.83 bits per heavy atom. The highest BCUT2D eigenvalue weighted by molar-refractivity contribution is 5.67. The molecule has 0 bridgehead atoms. The summed E-state index contributed by atoms with van der Waals surface area (Å²) < 4.78 is 12.9. The van der Waals surface area contributed by atoms with Gasteiger partial charge in [0.25, 0.3) is 0 Å². The maximum Gasteiger partial charge on any atom is 0.236 e. The second-order valence-corrected chi connectivity index (χ2v) is 5.68. The van der Waals surface area contributed by atoms with E-state index in [1.165, 1.54) is 0 Å². The van der Waals surface area contributed by atoms with E-state index < -0.39 is 0 Å². The molecule has 0 spiro atoms. The second kappa shape index (κ2) is 5.84. The van der Waals surface area contributed by atoms with E-state index in [-0.39, 0.29) is 0 Å². The number of anilines is 1. The summed E-state index contributed by atoms with van der Waals surface area (Å²) in [6.45, 7) is 2.97. The molecular weight excluding hydrogens is 306 g/mol. The van der Waals surface area contributed by atoms with Crippen LogP contribution in [-0.4, -0.2) is 34.2 Å². The predicted molar refractivity (Wildman–Crippen MR) is 91.1 cm³/mol. The fourth-order valence-electron chi connectivity index (χ4n) is 2.55. The van der Waals surface area contributed by atoms with E-state index in [0.717, 1.165) is 18.0 Å². The van der Waals surface area contributed by atoms with Crippen molar-refractivity contribution in [3.63, 3.8) is 0 Å². The molecule has 0 saturated carbocycles. The average Bonchev–Trinajstić information content (AvgIpc) is 3.22. The zero-order valence-electron chi connectivity index (χ0n) is 13.5. The number of methoxy groups -OCH3 is 1. The number of hydrazone groups is 1. The molecule has 1 aromatic carbocycles. The molecule has 24 heavy (non-hydrogen) atoms. The van der Waals surface area contributed by atoms with Crippen LogP contribution in [0.25, 0.3) is 5.78 Å². The molecule has 4 rings (SSSR count). The molecule has 7 nitrogen and oxygen atoms in total. The Hall–Kier alpha value is -3.09. The van der Waals surface area contributed by atoms with Crippen LogP contribution in [0.15, 0.2) is 48.0 Å². The molecule has 3 aromatic rings. The van der Waals surface area contributed by atoms with Gasteiger partial charge in [-0.15, -0.1) is 0 Å². The quantitative estimate of drug-likeness (QED) is 0.738. The van der Waals surface area contributed by atoms with Crippen molar-refractivity contribution in [3.8, 4) is 17.4 Å². The fourth-order valence-corrected chi connectivity index (χ4v) is 2.55. The summed E-state index contributed by atoms with van der Waals surface area (Å²) in [5.41, 5.74) is 0.903. The van der Waals surface area contributed by atoms with Crippen LogP contribution in [0, 0.1) is 5.92 Å². The molecule has 1 aliphatic rings. The lowest BCUT2D eigenvalue weighted by molar-refractivity contribution is 0.412. The summed E-state index contributed by atoms with van der Waals surface area (Å²) in [6, 6.07) is 7.40. The number of hydrogen-bond acceptors (Lipinski definition) is 6. The molecule has 0 fully saturated rings. The third-order valence-electron chi connectivity index (χ3n) is 3.82. The molecule has 0 radical (unpaired) electrons. The Morgan fingerprint density at radius 1 is 1.08 bits per heavy atom. The van der Waals surface area contributed by atoms with Gasteiger partial charge < -0.3 is 9.47 Å². The van der Waals surface area contributed by atoms with E-state index in [9.17, 15) is 0 Å². The summed E-state index contributed by atoms with van der Waals surface area (Å²) in [5.74, 6) is 3.10. The van der Waals surface area contributed by atoms with Gasteiger partial charge >= 0.3 is 0 Å². The number of ether oxygens (including phenoxy) is 2. The van der Waals surface area contributed by atoms with Crippen molar-refractivity contribution in [3.05, 3.63) is 42.9 Å². The first-order valence-electron chi connectivity index (χ1n) is 7.69. The van der Waals surface area contributed by atoms with Crippen molar-refractivity contribution in [1.82, 2.24) is 14.4 Å². The first-order valence-corrected chi connectivity index (χ1v) is 7.69. The molecule has 0 amide bonds. The van der Waals surface area contributed by atoms with Crippen molar-refractivity contribution < 1.29 is 9.47 Å². The van der Waals surface area contributed by atoms with Crippen LogP contribution in [0.4, 0.5) is 5.69 Å². The van der Waals surface area contributed by atoms with Gasteiger partial charge in [0.2, 0.25) is 11.7 Å². The highest BCUT2D eigenvalue weighted by Crippen LogP contribution is 2.26. The Balaban J connectivity index is 1.64. The van der Waals surface area contributed by atoms with Crippen LogP contribution >= 0.6 is 0 Å². The maximum absolute atomic E-state index is 5.92. The molecule has 3 heterocycles. The van der Waals surface area contributed by atoms with E-state index in [1.54, 1.807) is 19.5 Å². The zero-order valence-corrected chi connectivity index (χ0v) is 13.5. The molecule has 1 atom stereocenters. The van der Waals surface area contributed by atoms with Gasteiger partial charge in [0.1, 0.15) is 11.5 Å². The molecule has 0 N–H and O–H groups in total. The standard InChI is InChI=1S/C17H17N5O2/c1-12-7-20-22(10-12)13-8-18-17-19-9-16(21(17)11-13)24-15-5-3-14(23-2)4-6-15/h3-9,11-12H,10H2,1-2H3. The molecular formula is C17H17N5O2. The minimum Gasteiger partial charge on any atom is -0.497 e. The van der Waals surface area contributed by atoms with Crippen LogP contribution in [-0.2, 0) is 0 Å². The van der Waals surface area contributed by atoms with Crippen LogP contribution in [0.3, 0.4) is 0 Å². The number of aromatic nitrogens is 3. The van der Waals surface area contributed by atoms with Gasteiger partial charge in [0.05, 0.1) is 25.2 Å². The number of rotatable bonds is 4. The first kappa shape index (κ1) is 14.5. The Morgan fingerprint density at radius 3 is 2.54 bits per heavy atom. The van der Waals surface area contributed by atoms with Gasteiger partial charge in [-0.1, -0.05) is 6.92 Å². The van der Waals surface area contributed by atoms with Crippen molar-refractivity contribution in [2.45, 2.75) is 6.92 Å². The molecule has 1 aliphatic heterocycles. The minimum atomic E-state index is 0.429. The smallest absolute Gasteiger partial charge is 0.236 e. The van der Waals surface area contributed by atoms with E-state index in [1.807, 2.05) is 46.1 Å². The third-order valence-corrected chi connectivity index (χ3v) is 3.82. The van der Waals surface area contributed by atoms with E-state index >= 15 is 0 Å². The summed E-state index contributed by atoms with van der Waals surface area (Å²) in [5, 5.41) is 6.32. The van der Waals surface area contributed by atoms with Gasteiger partial charge in [-0.25, -0.2) is 9.97 Å². The first-order chi connectivity index (χ1) is 11.7. The number of benzene rings is 1. The van der Waals surface area contributed by atoms with Crippen molar-refractivity contribution in [1.29, 1.82) is 0 Å². The third kappa shape index (κ3) is 2.64. The number of nitrogens with zero attached hydrogens (tertiary/aromatic N) is 5. The van der Waals surface area contributed by atoms with Gasteiger partial charge in [0, 0.05) is 24.9 Å². The van der Waals surface area contributed by atoms with E-state index in [0.29, 0.717) is 23.3 Å². The average molecular weight is 323 g/mol. The highest BCUT2D eigenvalue weighted by atomic mass is 16.5. The Bertz CT molecular complexity index is 888. The normalized spacial score (nSPS) is 16.8. The molecule has 0 aliphatic carbocycles. The lowest BCUT2D eigenvalue weighted by Crippen LogP contribution is -2.16. The van der Waals surface area contributed by atoms with Gasteiger partial charge in [-0.3, -0.25) is 9.41 Å². The molecule has 1 unspecified atom stereocenters. The predicted octanol–water partition coefficient (Wildman–Crippen LogP) is 2.97. The fraction of sp³-hybridized carbons (Fsp3) is 0.235. The van der Waals surface area contributed by atoms with Gasteiger partial charge in [-0.2, -0.15) is 5.10 Å². The van der Waals surface area contributed by atoms with Crippen LogP contribution < -0.4 is 14.5 Å². The Kier molecular flexibility index (Phi) is 3.53. The Labute approximate surface area is 139 Å². The lowest BCUT2D eigenvalue weighted by atomic mass is 10.2. The molecule has 2 aromatic heterocycles. The number of imidazole rings is 1. The van der Waals surface area contributed by atoms with Gasteiger partial charge in [0.15, 0.2) is 0 Å². The zero-order chi connectivity index (χ0) is 16.5. The number of hydrogen-bond donors (Lipinski definition) is 0. The second-order valence-electron chi connectivity index (χ2n) is 5.68. The van der Waals surface area contributed by atoms with Gasteiger partial charge in [-0.05, 0) is 24.3 Å². The maximum atomic E-state index is 5.92. The van der Waals surface area contributed by atoms with Crippen molar-refractivity contribution in [2.24, 2.45) is 11.0 Å². The summed E-state index contributed by atoms with van der Waals surface area (Å²) in [6.07, 6.45) is 7.30. The SMILES string of the molecule is COc1ccc(Oc2cnc3ncc(N4CC(C)C=N4)cn23)cc1. The molecule has 0 saturated heterocycles. The minimum absolute atomic E-state index is 0.429. The van der Waals surface area contributed by atoms with Crippen LogP contribution in [0.5, 0.6) is 17.4 Å². The molecule has 7 heteroatoms. The summed E-state index contributed by atoms with van der Waals surface area (Å²) >= 11 is 0.